The molecule has 0 saturated carbocycles. The van der Waals surface area contributed by atoms with Crippen molar-refractivity contribution in [2.75, 3.05) is 13.2 Å². The number of carbonyl (C=O) groups excluding carboxylic acids is 2. The molecule has 3 aromatic rings. The van der Waals surface area contributed by atoms with E-state index in [-0.39, 0.29) is 24.8 Å². The fourth-order valence-corrected chi connectivity index (χ4v) is 3.90. The highest BCUT2D eigenvalue weighted by Crippen LogP contribution is 2.23. The monoisotopic (exact) mass is 402 g/mol. The first-order valence-corrected chi connectivity index (χ1v) is 9.75. The van der Waals surface area contributed by atoms with E-state index in [0.717, 1.165) is 21.5 Å². The van der Waals surface area contributed by atoms with Gasteiger partial charge in [-0.05, 0) is 39.0 Å². The van der Waals surface area contributed by atoms with Crippen molar-refractivity contribution in [1.29, 1.82) is 0 Å². The van der Waals surface area contributed by atoms with Crippen molar-refractivity contribution >= 4 is 33.4 Å². The average molecular weight is 402 g/mol. The second-order valence-electron chi connectivity index (χ2n) is 6.09. The van der Waals surface area contributed by atoms with Gasteiger partial charge in [-0.1, -0.05) is 11.3 Å². The van der Waals surface area contributed by atoms with Gasteiger partial charge in [0.15, 0.2) is 10.5 Å². The Morgan fingerprint density at radius 3 is 2.68 bits per heavy atom. The Hall–Kier alpha value is -2.94. The smallest absolute Gasteiger partial charge is 0.326 e. The minimum atomic E-state index is -0.452. The quantitative estimate of drug-likeness (QED) is 0.591. The van der Waals surface area contributed by atoms with Gasteiger partial charge in [0.25, 0.3) is 5.91 Å². The molecule has 8 nitrogen and oxygen atoms in total. The molecule has 1 aromatic carbocycles. The molecule has 0 fully saturated rings. The van der Waals surface area contributed by atoms with E-state index in [9.17, 15) is 9.59 Å². The molecular formula is C19H22N4O4S. The summed E-state index contributed by atoms with van der Waals surface area (Å²) in [5.41, 5.74) is 1.82. The molecule has 0 aliphatic carbocycles. The summed E-state index contributed by atoms with van der Waals surface area (Å²) in [4.78, 5) is 29.4. The molecule has 0 saturated heterocycles. The predicted molar refractivity (Wildman–Crippen MR) is 105 cm³/mol. The predicted octanol–water partition coefficient (Wildman–Crippen LogP) is 2.45. The zero-order valence-electron chi connectivity index (χ0n) is 16.3. The summed E-state index contributed by atoms with van der Waals surface area (Å²) in [6.45, 7) is 6.27. The zero-order chi connectivity index (χ0) is 20.3. The number of fused-ring (bicyclic) bond motifs is 1. The van der Waals surface area contributed by atoms with E-state index in [2.05, 4.69) is 10.1 Å². The molecule has 1 amide bonds. The topological polar surface area (TPSA) is 87.7 Å². The van der Waals surface area contributed by atoms with E-state index in [4.69, 9.17) is 9.47 Å². The highest BCUT2D eigenvalue weighted by molar-refractivity contribution is 7.16. The first-order chi connectivity index (χ1) is 13.4. The minimum absolute atomic E-state index is 0.0326. The number of benzene rings is 1. The van der Waals surface area contributed by atoms with Crippen LogP contribution < -0.4 is 9.54 Å². The Bertz CT molecular complexity index is 1090. The van der Waals surface area contributed by atoms with Gasteiger partial charge in [0.1, 0.15) is 12.3 Å². The highest BCUT2D eigenvalue weighted by Gasteiger charge is 2.16. The number of ether oxygens (including phenoxy) is 2. The van der Waals surface area contributed by atoms with Crippen LogP contribution in [0.15, 0.2) is 29.4 Å². The van der Waals surface area contributed by atoms with Crippen LogP contribution in [0.4, 0.5) is 0 Å². The number of hydrogen-bond acceptors (Lipinski definition) is 6. The van der Waals surface area contributed by atoms with E-state index in [1.165, 1.54) is 11.3 Å². The van der Waals surface area contributed by atoms with Gasteiger partial charge >= 0.3 is 5.97 Å². The van der Waals surface area contributed by atoms with Crippen LogP contribution >= 0.6 is 11.3 Å². The molecule has 0 spiro atoms. The maximum absolute atomic E-state index is 12.7. The number of carbonyl (C=O) groups is 2. The molecule has 9 heteroatoms. The van der Waals surface area contributed by atoms with Gasteiger partial charge in [0, 0.05) is 18.8 Å². The molecular weight excluding hydrogens is 380 g/mol. The second-order valence-corrected chi connectivity index (χ2v) is 7.10. The number of esters is 1. The molecule has 0 N–H and O–H groups in total. The van der Waals surface area contributed by atoms with Crippen LogP contribution in [-0.2, 0) is 23.1 Å². The first-order valence-electron chi connectivity index (χ1n) is 8.94. The standard InChI is InChI=1S/C19H22N4O4S/c1-5-26-13-7-8-14-15(9-13)28-19(23(14)11-16(24)27-6-2)20-18(25)17-12(3)10-22(4)21-17/h7-10H,5-6,11H2,1-4H3. The van der Waals surface area contributed by atoms with Gasteiger partial charge in [-0.25, -0.2) is 0 Å². The second kappa shape index (κ2) is 8.39. The molecule has 3 rings (SSSR count). The number of nitrogens with zero attached hydrogens (tertiary/aromatic N) is 4. The summed E-state index contributed by atoms with van der Waals surface area (Å²) in [7, 11) is 1.75. The average Bonchev–Trinajstić information content (AvgIpc) is 3.14. The van der Waals surface area contributed by atoms with Gasteiger partial charge in [-0.2, -0.15) is 10.1 Å². The molecule has 0 atom stereocenters. The van der Waals surface area contributed by atoms with E-state index < -0.39 is 5.91 Å². The fraction of sp³-hybridized carbons (Fsp3) is 0.368. The van der Waals surface area contributed by atoms with Crippen molar-refractivity contribution in [3.8, 4) is 5.75 Å². The summed E-state index contributed by atoms with van der Waals surface area (Å²) in [6, 6.07) is 5.56. The van der Waals surface area contributed by atoms with E-state index >= 15 is 0 Å². The maximum atomic E-state index is 12.7. The molecule has 2 heterocycles. The SMILES string of the molecule is CCOC(=O)Cn1c(=NC(=O)c2nn(C)cc2C)sc2cc(OCC)ccc21. The third kappa shape index (κ3) is 4.14. The Kier molecular flexibility index (Phi) is 5.93. The minimum Gasteiger partial charge on any atom is -0.494 e. The molecule has 0 aliphatic rings. The van der Waals surface area contributed by atoms with Gasteiger partial charge in [0.2, 0.25) is 0 Å². The Balaban J connectivity index is 2.11. The molecule has 28 heavy (non-hydrogen) atoms. The van der Waals surface area contributed by atoms with Crippen LogP contribution in [0.1, 0.15) is 29.9 Å². The summed E-state index contributed by atoms with van der Waals surface area (Å²) in [6.07, 6.45) is 1.76. The normalized spacial score (nSPS) is 11.8. The largest absolute Gasteiger partial charge is 0.494 e. The molecule has 0 radical (unpaired) electrons. The van der Waals surface area contributed by atoms with Gasteiger partial charge in [-0.3, -0.25) is 14.3 Å². The van der Waals surface area contributed by atoms with Crippen molar-refractivity contribution in [2.45, 2.75) is 27.3 Å². The number of rotatable bonds is 6. The van der Waals surface area contributed by atoms with Gasteiger partial charge in [-0.15, -0.1) is 0 Å². The van der Waals surface area contributed by atoms with Crippen LogP contribution in [0.5, 0.6) is 5.75 Å². The Labute approximate surface area is 166 Å². The first kappa shape index (κ1) is 19.8. The van der Waals surface area contributed by atoms with Crippen molar-refractivity contribution in [2.24, 2.45) is 12.0 Å². The van der Waals surface area contributed by atoms with Crippen molar-refractivity contribution in [1.82, 2.24) is 14.3 Å². The fourth-order valence-electron chi connectivity index (χ4n) is 2.84. The number of amides is 1. The van der Waals surface area contributed by atoms with Crippen LogP contribution in [-0.4, -0.2) is 39.4 Å². The third-order valence-corrected chi connectivity index (χ3v) is 5.01. The number of hydrogen-bond donors (Lipinski definition) is 0. The Morgan fingerprint density at radius 1 is 1.25 bits per heavy atom. The molecule has 0 bridgehead atoms. The van der Waals surface area contributed by atoms with E-state index in [1.54, 1.807) is 29.4 Å². The lowest BCUT2D eigenvalue weighted by Crippen LogP contribution is -2.23. The summed E-state index contributed by atoms with van der Waals surface area (Å²) >= 11 is 1.31. The molecule has 2 aromatic heterocycles. The highest BCUT2D eigenvalue weighted by atomic mass is 32.1. The maximum Gasteiger partial charge on any atom is 0.326 e. The van der Waals surface area contributed by atoms with Crippen LogP contribution in [0.2, 0.25) is 0 Å². The summed E-state index contributed by atoms with van der Waals surface area (Å²) in [5.74, 6) is -0.121. The van der Waals surface area contributed by atoms with Crippen LogP contribution in [0.3, 0.4) is 0 Å². The molecule has 0 aliphatic heterocycles. The molecule has 148 valence electrons. The van der Waals surface area contributed by atoms with E-state index in [1.807, 2.05) is 32.0 Å². The lowest BCUT2D eigenvalue weighted by atomic mass is 10.3. The van der Waals surface area contributed by atoms with Crippen molar-refractivity contribution in [3.63, 3.8) is 0 Å². The number of aryl methyl sites for hydroxylation is 2. The summed E-state index contributed by atoms with van der Waals surface area (Å²) in [5, 5.41) is 4.18. The van der Waals surface area contributed by atoms with Crippen LogP contribution in [0, 0.1) is 6.92 Å². The van der Waals surface area contributed by atoms with Crippen LogP contribution in [0.25, 0.3) is 10.2 Å². The zero-order valence-corrected chi connectivity index (χ0v) is 17.1. The van der Waals surface area contributed by atoms with Crippen molar-refractivity contribution in [3.05, 3.63) is 40.5 Å². The summed E-state index contributed by atoms with van der Waals surface area (Å²) < 4.78 is 14.7. The number of thiazole rings is 1. The Morgan fingerprint density at radius 2 is 2.04 bits per heavy atom. The lowest BCUT2D eigenvalue weighted by Gasteiger charge is -2.06. The van der Waals surface area contributed by atoms with E-state index in [0.29, 0.717) is 11.4 Å². The number of aromatic nitrogens is 3. The van der Waals surface area contributed by atoms with Crippen molar-refractivity contribution < 1.29 is 19.1 Å². The van der Waals surface area contributed by atoms with Gasteiger partial charge < -0.3 is 14.0 Å². The van der Waals surface area contributed by atoms with Gasteiger partial charge in [0.05, 0.1) is 23.4 Å². The molecule has 0 unspecified atom stereocenters. The lowest BCUT2D eigenvalue weighted by molar-refractivity contribution is -0.143. The third-order valence-electron chi connectivity index (χ3n) is 3.97.